The third-order valence-corrected chi connectivity index (χ3v) is 4.78. The molecule has 1 N–H and O–H groups in total. The van der Waals surface area contributed by atoms with Crippen LogP contribution in [0.4, 0.5) is 5.69 Å². The zero-order valence-corrected chi connectivity index (χ0v) is 16.3. The number of methoxy groups -OCH3 is 1. The van der Waals surface area contributed by atoms with Crippen LogP contribution in [-0.4, -0.2) is 22.6 Å². The number of benzene rings is 3. The van der Waals surface area contributed by atoms with Gasteiger partial charge in [-0.15, -0.1) is 0 Å². The summed E-state index contributed by atoms with van der Waals surface area (Å²) < 4.78 is 7.15. The molecule has 0 saturated carbocycles. The van der Waals surface area contributed by atoms with Gasteiger partial charge in [-0.05, 0) is 47.5 Å². The summed E-state index contributed by atoms with van der Waals surface area (Å²) in [7, 11) is 3.58. The zero-order chi connectivity index (χ0) is 20.2. The lowest BCUT2D eigenvalue weighted by atomic mass is 10.0. The molecular formula is C24H21N3O2. The molecule has 0 spiro atoms. The minimum absolute atomic E-state index is 0.150. The number of imidazole rings is 1. The molecule has 3 aromatic carbocycles. The van der Waals surface area contributed by atoms with Gasteiger partial charge in [0.1, 0.15) is 5.75 Å². The van der Waals surface area contributed by atoms with E-state index < -0.39 is 0 Å². The second-order valence-corrected chi connectivity index (χ2v) is 6.73. The van der Waals surface area contributed by atoms with Crippen molar-refractivity contribution < 1.29 is 9.53 Å². The highest BCUT2D eigenvalue weighted by molar-refractivity contribution is 6.05. The number of carbonyl (C=O) groups is 1. The van der Waals surface area contributed by atoms with Gasteiger partial charge in [-0.25, -0.2) is 4.98 Å². The minimum atomic E-state index is -0.150. The smallest absolute Gasteiger partial charge is 0.255 e. The molecule has 144 valence electrons. The number of nitrogens with zero attached hydrogens (tertiary/aromatic N) is 2. The monoisotopic (exact) mass is 383 g/mol. The van der Waals surface area contributed by atoms with Crippen molar-refractivity contribution in [3.63, 3.8) is 0 Å². The van der Waals surface area contributed by atoms with Gasteiger partial charge in [-0.1, -0.05) is 36.4 Å². The average Bonchev–Trinajstić information content (AvgIpc) is 3.20. The van der Waals surface area contributed by atoms with Crippen LogP contribution < -0.4 is 10.1 Å². The Morgan fingerprint density at radius 3 is 2.41 bits per heavy atom. The molecule has 0 radical (unpaired) electrons. The number of hydrogen-bond acceptors (Lipinski definition) is 3. The summed E-state index contributed by atoms with van der Waals surface area (Å²) in [6.07, 6.45) is 3.56. The zero-order valence-electron chi connectivity index (χ0n) is 16.3. The van der Waals surface area contributed by atoms with E-state index in [1.54, 1.807) is 19.6 Å². The highest BCUT2D eigenvalue weighted by atomic mass is 16.5. The molecule has 1 heterocycles. The number of rotatable bonds is 5. The van der Waals surface area contributed by atoms with Gasteiger partial charge in [0.25, 0.3) is 5.91 Å². The molecule has 0 saturated heterocycles. The number of aromatic nitrogens is 2. The Morgan fingerprint density at radius 2 is 1.69 bits per heavy atom. The normalized spacial score (nSPS) is 10.6. The summed E-state index contributed by atoms with van der Waals surface area (Å²) in [5.41, 5.74) is 5.33. The molecule has 29 heavy (non-hydrogen) atoms. The maximum atomic E-state index is 12.8. The topological polar surface area (TPSA) is 56.1 Å². The van der Waals surface area contributed by atoms with Crippen LogP contribution in [0.5, 0.6) is 5.75 Å². The van der Waals surface area contributed by atoms with Crippen LogP contribution in [0, 0.1) is 0 Å². The highest BCUT2D eigenvalue weighted by Gasteiger charge is 2.09. The van der Waals surface area contributed by atoms with E-state index in [1.807, 2.05) is 84.4 Å². The average molecular weight is 383 g/mol. The maximum Gasteiger partial charge on any atom is 0.255 e. The molecule has 0 aliphatic rings. The van der Waals surface area contributed by atoms with Crippen LogP contribution in [0.1, 0.15) is 10.4 Å². The van der Waals surface area contributed by atoms with Gasteiger partial charge in [0.05, 0.1) is 25.3 Å². The molecule has 0 aliphatic carbocycles. The molecule has 4 rings (SSSR count). The van der Waals surface area contributed by atoms with E-state index >= 15 is 0 Å². The van der Waals surface area contributed by atoms with Crippen molar-refractivity contribution in [3.8, 4) is 28.1 Å². The molecular weight excluding hydrogens is 362 g/mol. The third-order valence-electron chi connectivity index (χ3n) is 4.78. The van der Waals surface area contributed by atoms with Crippen LogP contribution in [0.3, 0.4) is 0 Å². The number of anilines is 1. The number of amides is 1. The van der Waals surface area contributed by atoms with Crippen molar-refractivity contribution in [2.45, 2.75) is 0 Å². The summed E-state index contributed by atoms with van der Waals surface area (Å²) in [6, 6.07) is 23.1. The Balaban J connectivity index is 1.55. The van der Waals surface area contributed by atoms with Gasteiger partial charge in [0, 0.05) is 23.9 Å². The summed E-state index contributed by atoms with van der Waals surface area (Å²) in [5, 5.41) is 2.99. The van der Waals surface area contributed by atoms with E-state index in [2.05, 4.69) is 10.3 Å². The SMILES string of the molecule is COc1ccc(-c2cccc(C(=O)Nc3cccc(-c4cncn4C)c3)c2)cc1. The lowest BCUT2D eigenvalue weighted by molar-refractivity contribution is 0.102. The highest BCUT2D eigenvalue weighted by Crippen LogP contribution is 2.25. The summed E-state index contributed by atoms with van der Waals surface area (Å²) in [5.74, 6) is 0.651. The van der Waals surface area contributed by atoms with Crippen molar-refractivity contribution in [1.82, 2.24) is 9.55 Å². The third kappa shape index (κ3) is 4.04. The first kappa shape index (κ1) is 18.5. The Hall–Kier alpha value is -3.86. The van der Waals surface area contributed by atoms with E-state index in [1.165, 1.54) is 0 Å². The molecule has 1 amide bonds. The molecule has 1 aromatic heterocycles. The quantitative estimate of drug-likeness (QED) is 0.527. The predicted molar refractivity (Wildman–Crippen MR) is 115 cm³/mol. The van der Waals surface area contributed by atoms with Gasteiger partial charge in [0.15, 0.2) is 0 Å². The Bertz CT molecular complexity index is 1150. The van der Waals surface area contributed by atoms with E-state index in [0.29, 0.717) is 5.56 Å². The summed E-state index contributed by atoms with van der Waals surface area (Å²) in [4.78, 5) is 17.0. The van der Waals surface area contributed by atoms with Crippen molar-refractivity contribution >= 4 is 11.6 Å². The largest absolute Gasteiger partial charge is 0.497 e. The Labute approximate surface area is 169 Å². The predicted octanol–water partition coefficient (Wildman–Crippen LogP) is 5.02. The van der Waals surface area contributed by atoms with E-state index in [-0.39, 0.29) is 5.91 Å². The number of carbonyl (C=O) groups excluding carboxylic acids is 1. The van der Waals surface area contributed by atoms with Gasteiger partial charge in [0.2, 0.25) is 0 Å². The van der Waals surface area contributed by atoms with Crippen LogP contribution in [0.15, 0.2) is 85.3 Å². The van der Waals surface area contributed by atoms with Crippen LogP contribution in [0.25, 0.3) is 22.4 Å². The van der Waals surface area contributed by atoms with Crippen LogP contribution >= 0.6 is 0 Å². The molecule has 0 bridgehead atoms. The molecule has 5 nitrogen and oxygen atoms in total. The van der Waals surface area contributed by atoms with Gasteiger partial charge >= 0.3 is 0 Å². The Kier molecular flexibility index (Phi) is 5.12. The second kappa shape index (κ2) is 8.02. The minimum Gasteiger partial charge on any atom is -0.497 e. The van der Waals surface area contributed by atoms with Gasteiger partial charge < -0.3 is 14.6 Å². The van der Waals surface area contributed by atoms with Crippen LogP contribution in [-0.2, 0) is 7.05 Å². The van der Waals surface area contributed by atoms with Crippen molar-refractivity contribution in [2.75, 3.05) is 12.4 Å². The fourth-order valence-electron chi connectivity index (χ4n) is 3.22. The molecule has 0 fully saturated rings. The lowest BCUT2D eigenvalue weighted by Gasteiger charge is -2.09. The fraction of sp³-hybridized carbons (Fsp3) is 0.0833. The van der Waals surface area contributed by atoms with Crippen molar-refractivity contribution in [1.29, 1.82) is 0 Å². The van der Waals surface area contributed by atoms with Crippen molar-refractivity contribution in [2.24, 2.45) is 7.05 Å². The fourth-order valence-corrected chi connectivity index (χ4v) is 3.22. The first-order valence-corrected chi connectivity index (χ1v) is 9.26. The second-order valence-electron chi connectivity index (χ2n) is 6.73. The summed E-state index contributed by atoms with van der Waals surface area (Å²) in [6.45, 7) is 0. The summed E-state index contributed by atoms with van der Waals surface area (Å²) >= 11 is 0. The number of aryl methyl sites for hydroxylation is 1. The van der Waals surface area contributed by atoms with Crippen molar-refractivity contribution in [3.05, 3.63) is 90.9 Å². The molecule has 0 atom stereocenters. The molecule has 4 aromatic rings. The number of ether oxygens (including phenoxy) is 1. The maximum absolute atomic E-state index is 12.8. The molecule has 5 heteroatoms. The number of nitrogens with one attached hydrogen (secondary N) is 1. The van der Waals surface area contributed by atoms with Gasteiger partial charge in [-0.3, -0.25) is 4.79 Å². The van der Waals surface area contributed by atoms with E-state index in [0.717, 1.165) is 33.8 Å². The van der Waals surface area contributed by atoms with Gasteiger partial charge in [-0.2, -0.15) is 0 Å². The van der Waals surface area contributed by atoms with E-state index in [4.69, 9.17) is 4.74 Å². The molecule has 0 aliphatic heterocycles. The van der Waals surface area contributed by atoms with Crippen LogP contribution in [0.2, 0.25) is 0 Å². The molecule has 0 unspecified atom stereocenters. The lowest BCUT2D eigenvalue weighted by Crippen LogP contribution is -2.11. The number of hydrogen-bond donors (Lipinski definition) is 1. The standard InChI is InChI=1S/C24H21N3O2/c1-27-16-25-15-23(27)19-6-4-8-21(14-19)26-24(28)20-7-3-5-18(13-20)17-9-11-22(29-2)12-10-17/h3-16H,1-2H3,(H,26,28). The first-order valence-electron chi connectivity index (χ1n) is 9.26. The van der Waals surface area contributed by atoms with E-state index in [9.17, 15) is 4.79 Å². The first-order chi connectivity index (χ1) is 14.1. The Morgan fingerprint density at radius 1 is 0.931 bits per heavy atom.